The van der Waals surface area contributed by atoms with Gasteiger partial charge in [-0.2, -0.15) is 4.68 Å². The van der Waals surface area contributed by atoms with Gasteiger partial charge in [-0.05, 0) is 24.3 Å². The summed E-state index contributed by atoms with van der Waals surface area (Å²) in [4.78, 5) is 32.9. The Morgan fingerprint density at radius 2 is 1.67 bits per heavy atom. The first-order chi connectivity index (χ1) is 17.5. The molecule has 1 fully saturated rings. The Balaban J connectivity index is 1.36. The van der Waals surface area contributed by atoms with Crippen LogP contribution in [0.5, 0.6) is 0 Å². The highest BCUT2D eigenvalue weighted by molar-refractivity contribution is 5.90. The minimum Gasteiger partial charge on any atom is -0.462 e. The van der Waals surface area contributed by atoms with Crippen LogP contribution in [0.1, 0.15) is 33.4 Å². The van der Waals surface area contributed by atoms with Crippen LogP contribution in [0.3, 0.4) is 0 Å². The van der Waals surface area contributed by atoms with E-state index in [-0.39, 0.29) is 35.6 Å². The summed E-state index contributed by atoms with van der Waals surface area (Å²) in [5.41, 5.74) is 6.80. The number of ether oxygens (including phenoxy) is 3. The molecule has 0 radical (unpaired) electrons. The van der Waals surface area contributed by atoms with Gasteiger partial charge in [0.1, 0.15) is 12.4 Å². The van der Waals surface area contributed by atoms with Crippen molar-refractivity contribution in [2.75, 3.05) is 12.3 Å². The van der Waals surface area contributed by atoms with Crippen LogP contribution in [0.25, 0.3) is 11.2 Å². The summed E-state index contributed by atoms with van der Waals surface area (Å²) < 4.78 is 33.7. The zero-order valence-electron chi connectivity index (χ0n) is 18.8. The number of halogens is 1. The van der Waals surface area contributed by atoms with Gasteiger partial charge in [-0.1, -0.05) is 41.6 Å². The molecule has 0 amide bonds. The lowest BCUT2D eigenvalue weighted by atomic mass is 10.1. The highest BCUT2D eigenvalue weighted by Gasteiger charge is 2.49. The minimum absolute atomic E-state index is 0.0615. The van der Waals surface area contributed by atoms with E-state index >= 15 is 4.39 Å². The molecule has 1 aliphatic heterocycles. The van der Waals surface area contributed by atoms with Crippen LogP contribution in [0.4, 0.5) is 10.2 Å². The highest BCUT2D eigenvalue weighted by Crippen LogP contribution is 2.36. The van der Waals surface area contributed by atoms with Crippen LogP contribution in [0, 0.1) is 0 Å². The monoisotopic (exact) mass is 492 g/mol. The molecule has 4 aromatic rings. The third-order valence-electron chi connectivity index (χ3n) is 5.69. The maximum absolute atomic E-state index is 15.7. The van der Waals surface area contributed by atoms with Gasteiger partial charge in [0.15, 0.2) is 35.5 Å². The summed E-state index contributed by atoms with van der Waals surface area (Å²) in [5.74, 6) is -1.17. The molecule has 0 bridgehead atoms. The van der Waals surface area contributed by atoms with Gasteiger partial charge < -0.3 is 19.9 Å². The Kier molecular flexibility index (Phi) is 6.50. The molecule has 184 valence electrons. The summed E-state index contributed by atoms with van der Waals surface area (Å²) in [6.07, 6.45) is -4.13. The number of hydrogen-bond donors (Lipinski definition) is 1. The van der Waals surface area contributed by atoms with Crippen LogP contribution in [0.2, 0.25) is 0 Å². The van der Waals surface area contributed by atoms with E-state index in [0.717, 1.165) is 4.68 Å². The predicted molar refractivity (Wildman–Crippen MR) is 123 cm³/mol. The molecule has 1 aliphatic rings. The molecule has 2 aromatic heterocycles. The van der Waals surface area contributed by atoms with E-state index in [9.17, 15) is 9.59 Å². The molecular formula is C24H21FN6O5. The molecular weight excluding hydrogens is 471 g/mol. The molecule has 12 heteroatoms. The Hall–Kier alpha value is -4.45. The maximum atomic E-state index is 15.7. The zero-order chi connectivity index (χ0) is 25.1. The van der Waals surface area contributed by atoms with E-state index in [2.05, 4.69) is 20.3 Å². The molecule has 2 aromatic carbocycles. The van der Waals surface area contributed by atoms with Gasteiger partial charge in [0.2, 0.25) is 0 Å². The lowest BCUT2D eigenvalue weighted by Gasteiger charge is -2.19. The number of aromatic nitrogens is 5. The maximum Gasteiger partial charge on any atom is 0.338 e. The van der Waals surface area contributed by atoms with Crippen molar-refractivity contribution in [1.82, 2.24) is 25.0 Å². The van der Waals surface area contributed by atoms with Gasteiger partial charge in [0.25, 0.3) is 0 Å². The summed E-state index contributed by atoms with van der Waals surface area (Å²) in [6, 6.07) is 16.7. The van der Waals surface area contributed by atoms with E-state index < -0.39 is 36.5 Å². The molecule has 3 heterocycles. The van der Waals surface area contributed by atoms with Crippen LogP contribution < -0.4 is 5.73 Å². The number of nitrogens with zero attached hydrogens (tertiary/aromatic N) is 5. The summed E-state index contributed by atoms with van der Waals surface area (Å²) >= 11 is 0. The molecule has 1 saturated heterocycles. The summed E-state index contributed by atoms with van der Waals surface area (Å²) in [6.45, 7) is -0.0928. The lowest BCUT2D eigenvalue weighted by Crippen LogP contribution is -2.35. The highest BCUT2D eigenvalue weighted by atomic mass is 19.1. The van der Waals surface area contributed by atoms with Crippen LogP contribution in [-0.4, -0.2) is 61.9 Å². The van der Waals surface area contributed by atoms with E-state index in [1.807, 2.05) is 0 Å². The normalized spacial score (nSPS) is 21.4. The van der Waals surface area contributed by atoms with E-state index in [1.165, 1.54) is 6.33 Å². The molecule has 2 N–H and O–H groups in total. The first-order valence-electron chi connectivity index (χ1n) is 11.1. The largest absolute Gasteiger partial charge is 0.462 e. The van der Waals surface area contributed by atoms with Crippen molar-refractivity contribution >= 4 is 28.9 Å². The Morgan fingerprint density at radius 1 is 1.00 bits per heavy atom. The number of anilines is 1. The standard InChI is InChI=1S/C24H21FN6O5/c25-17-19(36-24(33)15-9-5-2-6-10-15)16(11-12-34-23(32)14-7-3-1-4-8-14)35-22(17)31-21-18(29-30-31)20(26)27-13-28-21/h1-10,13,16-17,19,22H,11-12H2,(H2,26,27,28)/t16-,17+,19-,22-/m1/s1. The van der Waals surface area contributed by atoms with Crippen molar-refractivity contribution in [3.05, 3.63) is 78.1 Å². The van der Waals surface area contributed by atoms with Crippen LogP contribution >= 0.6 is 0 Å². The smallest absolute Gasteiger partial charge is 0.338 e. The first-order valence-corrected chi connectivity index (χ1v) is 11.1. The number of carbonyl (C=O) groups is 2. The van der Waals surface area contributed by atoms with E-state index in [0.29, 0.717) is 5.56 Å². The SMILES string of the molecule is Nc1ncnc2c1nnn2[C@@H]1O[C@H](CCOC(=O)c2ccccc2)[C@@H](OC(=O)c2ccccc2)[C@@H]1F. The van der Waals surface area contributed by atoms with Crippen molar-refractivity contribution < 1.29 is 28.2 Å². The van der Waals surface area contributed by atoms with Gasteiger partial charge in [0, 0.05) is 6.42 Å². The fourth-order valence-corrected chi connectivity index (χ4v) is 3.91. The van der Waals surface area contributed by atoms with Gasteiger partial charge in [-0.25, -0.2) is 23.9 Å². The fraction of sp³-hybridized carbons (Fsp3) is 0.250. The third kappa shape index (κ3) is 4.58. The van der Waals surface area contributed by atoms with E-state index in [4.69, 9.17) is 19.9 Å². The van der Waals surface area contributed by atoms with Gasteiger partial charge in [-0.3, -0.25) is 0 Å². The zero-order valence-corrected chi connectivity index (χ0v) is 18.8. The van der Waals surface area contributed by atoms with Gasteiger partial charge in [0.05, 0.1) is 17.7 Å². The molecule has 5 rings (SSSR count). The third-order valence-corrected chi connectivity index (χ3v) is 5.69. The molecule has 36 heavy (non-hydrogen) atoms. The molecule has 0 aliphatic carbocycles. The Morgan fingerprint density at radius 3 is 2.36 bits per heavy atom. The Bertz CT molecular complexity index is 1370. The predicted octanol–water partition coefficient (Wildman–Crippen LogP) is 2.51. The molecule has 0 unspecified atom stereocenters. The van der Waals surface area contributed by atoms with E-state index in [1.54, 1.807) is 60.7 Å². The summed E-state index contributed by atoms with van der Waals surface area (Å²) in [7, 11) is 0. The van der Waals surface area contributed by atoms with Crippen LogP contribution in [-0.2, 0) is 14.2 Å². The fourth-order valence-electron chi connectivity index (χ4n) is 3.91. The minimum atomic E-state index is -1.83. The topological polar surface area (TPSA) is 144 Å². The second-order valence-electron chi connectivity index (χ2n) is 8.00. The molecule has 0 spiro atoms. The number of nitrogens with two attached hydrogens (primary N) is 1. The number of esters is 2. The van der Waals surface area contributed by atoms with Gasteiger partial charge >= 0.3 is 11.9 Å². The average Bonchev–Trinajstić information content (AvgIpc) is 3.47. The molecule has 0 saturated carbocycles. The second-order valence-corrected chi connectivity index (χ2v) is 8.00. The van der Waals surface area contributed by atoms with Crippen molar-refractivity contribution in [3.63, 3.8) is 0 Å². The number of hydrogen-bond acceptors (Lipinski definition) is 10. The van der Waals surface area contributed by atoms with Crippen molar-refractivity contribution in [1.29, 1.82) is 0 Å². The van der Waals surface area contributed by atoms with Crippen molar-refractivity contribution in [2.24, 2.45) is 0 Å². The summed E-state index contributed by atoms with van der Waals surface area (Å²) in [5, 5.41) is 7.85. The lowest BCUT2D eigenvalue weighted by molar-refractivity contribution is -0.0441. The van der Waals surface area contributed by atoms with Gasteiger partial charge in [-0.15, -0.1) is 5.10 Å². The first kappa shape index (κ1) is 23.3. The molecule has 11 nitrogen and oxygen atoms in total. The molecule has 4 atom stereocenters. The number of benzene rings is 2. The van der Waals surface area contributed by atoms with Crippen molar-refractivity contribution in [2.45, 2.75) is 31.0 Å². The van der Waals surface area contributed by atoms with Crippen molar-refractivity contribution in [3.8, 4) is 0 Å². The number of rotatable bonds is 7. The number of nitrogen functional groups attached to an aromatic ring is 1. The second kappa shape index (κ2) is 10.0. The Labute approximate surface area is 204 Å². The number of carbonyl (C=O) groups excluding carboxylic acids is 2. The number of fused-ring (bicyclic) bond motifs is 1. The quantitative estimate of drug-likeness (QED) is 0.382. The average molecular weight is 492 g/mol. The van der Waals surface area contributed by atoms with Crippen LogP contribution in [0.15, 0.2) is 67.0 Å². The number of alkyl halides is 1.